The third-order valence-corrected chi connectivity index (χ3v) is 3.24. The van der Waals surface area contributed by atoms with Gasteiger partial charge in [0.05, 0.1) is 12.6 Å². The largest absolute Gasteiger partial charge is 0.412 e. The molecule has 104 valence electrons. The molecule has 1 amide bonds. The first-order valence-corrected chi connectivity index (χ1v) is 6.58. The summed E-state index contributed by atoms with van der Waals surface area (Å²) >= 11 is 6.20. The van der Waals surface area contributed by atoms with E-state index in [0.717, 1.165) is 25.1 Å². The average Bonchev–Trinajstić information content (AvgIpc) is 2.69. The molecule has 2 rings (SSSR count). The second-order valence-electron chi connectivity index (χ2n) is 4.26. The van der Waals surface area contributed by atoms with Crippen LogP contribution in [0.4, 0.5) is 4.79 Å². The Balaban J connectivity index is 2.18. The summed E-state index contributed by atoms with van der Waals surface area (Å²) in [5.74, 6) is 0.463. The van der Waals surface area contributed by atoms with Gasteiger partial charge in [0.15, 0.2) is 0 Å². The molecule has 6 heteroatoms. The van der Waals surface area contributed by atoms with Crippen molar-refractivity contribution in [1.29, 1.82) is 0 Å². The Kier molecular flexibility index (Phi) is 5.01. The van der Waals surface area contributed by atoms with Gasteiger partial charge in [0.2, 0.25) is 0 Å². The van der Waals surface area contributed by atoms with Crippen LogP contribution in [0.15, 0.2) is 18.2 Å². The Morgan fingerprint density at radius 3 is 3.21 bits per heavy atom. The summed E-state index contributed by atoms with van der Waals surface area (Å²) in [6, 6.07) is 5.17. The summed E-state index contributed by atoms with van der Waals surface area (Å²) in [5.41, 5.74) is 0.880. The van der Waals surface area contributed by atoms with Gasteiger partial charge in [0.1, 0.15) is 5.75 Å². The van der Waals surface area contributed by atoms with Crippen molar-refractivity contribution in [2.24, 2.45) is 0 Å². The minimum Gasteiger partial charge on any atom is -0.410 e. The number of halogens is 1. The lowest BCUT2D eigenvalue weighted by atomic mass is 10.1. The van der Waals surface area contributed by atoms with E-state index in [-0.39, 0.29) is 6.04 Å². The van der Waals surface area contributed by atoms with Crippen LogP contribution in [0.5, 0.6) is 5.75 Å². The quantitative estimate of drug-likeness (QED) is 0.873. The monoisotopic (exact) mass is 284 g/mol. The number of carbonyl (C=O) groups is 1. The average molecular weight is 285 g/mol. The van der Waals surface area contributed by atoms with Gasteiger partial charge in [-0.15, -0.1) is 0 Å². The summed E-state index contributed by atoms with van der Waals surface area (Å²) in [6.07, 6.45) is 0.473. The van der Waals surface area contributed by atoms with Crippen LogP contribution >= 0.6 is 11.6 Å². The summed E-state index contributed by atoms with van der Waals surface area (Å²) in [6.45, 7) is 2.18. The number of rotatable bonds is 2. The van der Waals surface area contributed by atoms with E-state index in [9.17, 15) is 4.79 Å². The van der Waals surface area contributed by atoms with Gasteiger partial charge in [-0.05, 0) is 36.7 Å². The third kappa shape index (κ3) is 3.83. The first kappa shape index (κ1) is 14.1. The zero-order valence-electron chi connectivity index (χ0n) is 10.7. The van der Waals surface area contributed by atoms with E-state index in [1.54, 1.807) is 18.2 Å². The minimum absolute atomic E-state index is 0.0169. The molecular weight excluding hydrogens is 268 g/mol. The predicted octanol–water partition coefficient (Wildman–Crippen LogP) is 2.11. The molecule has 1 aliphatic rings. The molecule has 0 radical (unpaired) electrons. The first-order chi connectivity index (χ1) is 9.20. The van der Waals surface area contributed by atoms with Crippen LogP contribution in [0, 0.1) is 0 Å². The molecule has 19 heavy (non-hydrogen) atoms. The van der Waals surface area contributed by atoms with Gasteiger partial charge in [0, 0.05) is 18.7 Å². The molecule has 0 saturated carbocycles. The Hall–Kier alpha value is -1.30. The number of benzene rings is 1. The number of carbonyl (C=O) groups excluding carboxylic acids is 1. The van der Waals surface area contributed by atoms with E-state index < -0.39 is 6.09 Å². The van der Waals surface area contributed by atoms with Crippen LogP contribution < -0.4 is 15.4 Å². The molecule has 1 heterocycles. The maximum atomic E-state index is 11.2. The van der Waals surface area contributed by atoms with E-state index in [1.807, 2.05) is 0 Å². The zero-order valence-corrected chi connectivity index (χ0v) is 11.5. The predicted molar refractivity (Wildman–Crippen MR) is 72.7 cm³/mol. The molecule has 1 fully saturated rings. The van der Waals surface area contributed by atoms with Gasteiger partial charge < -0.3 is 20.1 Å². The van der Waals surface area contributed by atoms with Gasteiger partial charge in [-0.25, -0.2) is 4.79 Å². The molecule has 2 N–H and O–H groups in total. The van der Waals surface area contributed by atoms with Crippen LogP contribution in [-0.4, -0.2) is 32.9 Å². The maximum Gasteiger partial charge on any atom is 0.412 e. The Morgan fingerprint density at radius 2 is 2.42 bits per heavy atom. The molecule has 1 aromatic rings. The molecule has 1 unspecified atom stereocenters. The normalized spacial score (nSPS) is 19.6. The van der Waals surface area contributed by atoms with Crippen LogP contribution in [0.25, 0.3) is 0 Å². The Bertz CT molecular complexity index is 446. The first-order valence-electron chi connectivity index (χ1n) is 6.21. The molecular formula is C13H17ClN2O3. The smallest absolute Gasteiger partial charge is 0.410 e. The van der Waals surface area contributed by atoms with Crippen molar-refractivity contribution in [2.45, 2.75) is 12.5 Å². The molecule has 0 spiro atoms. The highest BCUT2D eigenvalue weighted by atomic mass is 35.5. The third-order valence-electron chi connectivity index (χ3n) is 2.90. The number of hydrogen-bond acceptors (Lipinski definition) is 4. The fraction of sp³-hybridized carbons (Fsp3) is 0.462. The highest BCUT2D eigenvalue weighted by molar-refractivity contribution is 6.31. The molecule has 1 aromatic carbocycles. The van der Waals surface area contributed by atoms with Crippen molar-refractivity contribution in [1.82, 2.24) is 10.6 Å². The molecule has 0 bridgehead atoms. The summed E-state index contributed by atoms with van der Waals surface area (Å²) in [4.78, 5) is 11.2. The topological polar surface area (TPSA) is 59.6 Å². The van der Waals surface area contributed by atoms with Gasteiger partial charge in [-0.1, -0.05) is 11.6 Å². The number of amides is 1. The fourth-order valence-electron chi connectivity index (χ4n) is 1.92. The highest BCUT2D eigenvalue weighted by Gasteiger charge is 2.18. The van der Waals surface area contributed by atoms with E-state index in [0.29, 0.717) is 17.4 Å². The summed E-state index contributed by atoms with van der Waals surface area (Å²) in [7, 11) is 1.51. The van der Waals surface area contributed by atoms with Crippen LogP contribution in [0.1, 0.15) is 18.0 Å². The van der Waals surface area contributed by atoms with Crippen molar-refractivity contribution in [3.8, 4) is 5.75 Å². The van der Waals surface area contributed by atoms with Gasteiger partial charge in [-0.2, -0.15) is 0 Å². The number of ether oxygens (including phenoxy) is 2. The lowest BCUT2D eigenvalue weighted by Crippen LogP contribution is -2.24. The molecule has 0 aromatic heterocycles. The van der Waals surface area contributed by atoms with Crippen molar-refractivity contribution < 1.29 is 14.3 Å². The van der Waals surface area contributed by atoms with Crippen molar-refractivity contribution in [3.63, 3.8) is 0 Å². The van der Waals surface area contributed by atoms with E-state index in [4.69, 9.17) is 21.1 Å². The molecule has 1 atom stereocenters. The molecule has 0 aliphatic carbocycles. The second kappa shape index (κ2) is 6.75. The van der Waals surface area contributed by atoms with Gasteiger partial charge in [-0.3, -0.25) is 0 Å². The van der Waals surface area contributed by atoms with Gasteiger partial charge in [0.25, 0.3) is 0 Å². The number of nitrogens with one attached hydrogen (secondary N) is 2. The van der Waals surface area contributed by atoms with E-state index in [1.165, 1.54) is 7.05 Å². The fourth-order valence-corrected chi connectivity index (χ4v) is 2.17. The van der Waals surface area contributed by atoms with E-state index >= 15 is 0 Å². The zero-order chi connectivity index (χ0) is 13.7. The molecule has 1 saturated heterocycles. The standard InChI is InChI=1S/C13H17ClN2O3/c1-15-13(17)19-9-3-4-11(14)10(7-9)12-8-18-6-2-5-16-12/h3-4,7,12,16H,2,5-6,8H2,1H3,(H,15,17). The minimum atomic E-state index is -0.502. The lowest BCUT2D eigenvalue weighted by molar-refractivity contribution is 0.131. The SMILES string of the molecule is CNC(=O)Oc1ccc(Cl)c(C2COCCCN2)c1. The Labute approximate surface area is 117 Å². The van der Waals surface area contributed by atoms with Crippen LogP contribution in [0.2, 0.25) is 5.02 Å². The lowest BCUT2D eigenvalue weighted by Gasteiger charge is -2.18. The van der Waals surface area contributed by atoms with Crippen molar-refractivity contribution in [2.75, 3.05) is 26.8 Å². The van der Waals surface area contributed by atoms with E-state index in [2.05, 4.69) is 10.6 Å². The Morgan fingerprint density at radius 1 is 1.58 bits per heavy atom. The van der Waals surface area contributed by atoms with Crippen molar-refractivity contribution in [3.05, 3.63) is 28.8 Å². The molecule has 1 aliphatic heterocycles. The maximum absolute atomic E-state index is 11.2. The van der Waals surface area contributed by atoms with Gasteiger partial charge >= 0.3 is 6.09 Å². The highest BCUT2D eigenvalue weighted by Crippen LogP contribution is 2.28. The van der Waals surface area contributed by atoms with Crippen LogP contribution in [-0.2, 0) is 4.74 Å². The summed E-state index contributed by atoms with van der Waals surface area (Å²) in [5, 5.41) is 6.40. The molecule has 5 nitrogen and oxygen atoms in total. The summed E-state index contributed by atoms with van der Waals surface area (Å²) < 4.78 is 10.6. The van der Waals surface area contributed by atoms with Crippen LogP contribution in [0.3, 0.4) is 0 Å². The number of hydrogen-bond donors (Lipinski definition) is 2. The van der Waals surface area contributed by atoms with Crippen molar-refractivity contribution >= 4 is 17.7 Å². The second-order valence-corrected chi connectivity index (χ2v) is 4.67.